The molecule has 0 bridgehead atoms. The summed E-state index contributed by atoms with van der Waals surface area (Å²) >= 11 is 1.44. The first kappa shape index (κ1) is 24.2. The number of aromatic hydroxyl groups is 1. The maximum absolute atomic E-state index is 12.7. The number of aromatic nitrogens is 1. The van der Waals surface area contributed by atoms with Crippen LogP contribution in [0.5, 0.6) is 5.75 Å². The first-order valence-corrected chi connectivity index (χ1v) is 11.7. The van der Waals surface area contributed by atoms with Crippen molar-refractivity contribution < 1.29 is 24.2 Å². The quantitative estimate of drug-likeness (QED) is 0.464. The number of phenolic OH excluding ortho intramolecular Hbond substituents is 1. The van der Waals surface area contributed by atoms with Gasteiger partial charge in [-0.1, -0.05) is 12.1 Å². The maximum atomic E-state index is 12.7. The minimum Gasteiger partial charge on any atom is -0.508 e. The Morgan fingerprint density at radius 3 is 2.49 bits per heavy atom. The van der Waals surface area contributed by atoms with Crippen molar-refractivity contribution in [3.8, 4) is 17.0 Å². The Kier molecular flexibility index (Phi) is 6.97. The summed E-state index contributed by atoms with van der Waals surface area (Å²) < 4.78 is 10.1. The normalized spacial score (nSPS) is 17.5. The molecule has 35 heavy (non-hydrogen) atoms. The molecule has 1 aliphatic heterocycles. The minimum atomic E-state index is -0.756. The van der Waals surface area contributed by atoms with Crippen LogP contribution in [0.15, 0.2) is 70.2 Å². The van der Waals surface area contributed by atoms with E-state index in [4.69, 9.17) is 9.47 Å². The molecule has 2 unspecified atom stereocenters. The van der Waals surface area contributed by atoms with Crippen molar-refractivity contribution in [2.75, 3.05) is 19.5 Å². The van der Waals surface area contributed by atoms with E-state index in [1.54, 1.807) is 38.1 Å². The number of nitrogens with zero attached hydrogens (tertiary/aromatic N) is 2. The number of hydrogen-bond donors (Lipinski definition) is 2. The molecule has 8 nitrogen and oxygen atoms in total. The molecule has 2 N–H and O–H groups in total. The monoisotopic (exact) mass is 491 g/mol. The topological polar surface area (TPSA) is 110 Å². The number of allylic oxidation sites excluding steroid dienone is 1. The SMILES string of the molecule is COC(=O)C1=C(C)N=C(C)C(C(=O)OC)C1c1cccc(Nc2nc(-c3ccc(O)cc3)cs2)c1. The Bertz CT molecular complexity index is 1330. The molecule has 0 saturated carbocycles. The van der Waals surface area contributed by atoms with Crippen molar-refractivity contribution >= 4 is 39.8 Å². The molecule has 0 fully saturated rings. The van der Waals surface area contributed by atoms with Crippen LogP contribution in [0, 0.1) is 5.92 Å². The maximum Gasteiger partial charge on any atom is 0.336 e. The molecular weight excluding hydrogens is 466 g/mol. The highest BCUT2D eigenvalue weighted by Gasteiger charge is 2.42. The number of benzene rings is 2. The lowest BCUT2D eigenvalue weighted by atomic mass is 9.75. The van der Waals surface area contributed by atoms with E-state index in [1.807, 2.05) is 29.6 Å². The first-order chi connectivity index (χ1) is 16.8. The number of carbonyl (C=O) groups excluding carboxylic acids is 2. The molecule has 0 amide bonds. The summed E-state index contributed by atoms with van der Waals surface area (Å²) in [6.07, 6.45) is 0. The van der Waals surface area contributed by atoms with Gasteiger partial charge in [0.1, 0.15) is 11.7 Å². The Balaban J connectivity index is 1.68. The molecule has 3 aromatic rings. The Morgan fingerprint density at radius 2 is 1.80 bits per heavy atom. The molecule has 1 aliphatic rings. The average Bonchev–Trinajstić information content (AvgIpc) is 3.31. The van der Waals surface area contributed by atoms with E-state index < -0.39 is 23.8 Å². The van der Waals surface area contributed by atoms with Gasteiger partial charge in [0.15, 0.2) is 5.13 Å². The molecule has 1 aromatic heterocycles. The zero-order valence-corrected chi connectivity index (χ0v) is 20.6. The van der Waals surface area contributed by atoms with Crippen LogP contribution in [0.25, 0.3) is 11.3 Å². The number of methoxy groups -OCH3 is 2. The van der Waals surface area contributed by atoms with E-state index in [0.29, 0.717) is 22.1 Å². The van der Waals surface area contributed by atoms with Crippen LogP contribution in [-0.2, 0) is 19.1 Å². The van der Waals surface area contributed by atoms with Crippen LogP contribution in [0.3, 0.4) is 0 Å². The number of esters is 2. The lowest BCUT2D eigenvalue weighted by Gasteiger charge is -2.31. The Morgan fingerprint density at radius 1 is 1.06 bits per heavy atom. The van der Waals surface area contributed by atoms with Crippen LogP contribution in [-0.4, -0.2) is 42.0 Å². The molecule has 0 aliphatic carbocycles. The zero-order chi connectivity index (χ0) is 25.1. The highest BCUT2D eigenvalue weighted by molar-refractivity contribution is 7.14. The van der Waals surface area contributed by atoms with Crippen molar-refractivity contribution in [2.45, 2.75) is 19.8 Å². The summed E-state index contributed by atoms with van der Waals surface area (Å²) in [7, 11) is 2.63. The highest BCUT2D eigenvalue weighted by atomic mass is 32.1. The van der Waals surface area contributed by atoms with Gasteiger partial charge in [-0.15, -0.1) is 11.3 Å². The second kappa shape index (κ2) is 10.1. The fourth-order valence-electron chi connectivity index (χ4n) is 4.23. The largest absolute Gasteiger partial charge is 0.508 e. The van der Waals surface area contributed by atoms with Crippen LogP contribution < -0.4 is 5.32 Å². The highest BCUT2D eigenvalue weighted by Crippen LogP contribution is 2.41. The number of nitrogens with one attached hydrogen (secondary N) is 1. The summed E-state index contributed by atoms with van der Waals surface area (Å²) in [5, 5.41) is 15.4. The standard InChI is InChI=1S/C26H25N3O5S/c1-14-21(24(31)33-3)23(22(15(2)27-14)25(32)34-4)17-6-5-7-18(12-17)28-26-29-20(13-35-26)16-8-10-19(30)11-9-16/h5-13,21,23,30H,1-4H3,(H,28,29). The number of carbonyl (C=O) groups is 2. The van der Waals surface area contributed by atoms with E-state index in [0.717, 1.165) is 22.5 Å². The predicted octanol–water partition coefficient (Wildman–Crippen LogP) is 5.05. The molecule has 2 aromatic carbocycles. The van der Waals surface area contributed by atoms with Gasteiger partial charge in [-0.05, 0) is 55.8 Å². The number of thiazole rings is 1. The van der Waals surface area contributed by atoms with E-state index in [2.05, 4.69) is 15.3 Å². The van der Waals surface area contributed by atoms with Crippen LogP contribution in [0.4, 0.5) is 10.8 Å². The smallest absolute Gasteiger partial charge is 0.336 e. The molecule has 0 spiro atoms. The second-order valence-electron chi connectivity index (χ2n) is 8.06. The molecule has 0 radical (unpaired) electrons. The average molecular weight is 492 g/mol. The second-order valence-corrected chi connectivity index (χ2v) is 8.92. The van der Waals surface area contributed by atoms with Crippen molar-refractivity contribution in [2.24, 2.45) is 10.9 Å². The van der Waals surface area contributed by atoms with Gasteiger partial charge in [0.25, 0.3) is 0 Å². The van der Waals surface area contributed by atoms with Gasteiger partial charge < -0.3 is 19.9 Å². The first-order valence-electron chi connectivity index (χ1n) is 10.9. The molecule has 0 saturated heterocycles. The molecule has 4 rings (SSSR count). The van der Waals surface area contributed by atoms with Crippen molar-refractivity contribution in [3.05, 3.63) is 70.7 Å². The van der Waals surface area contributed by atoms with E-state index in [-0.39, 0.29) is 5.75 Å². The van der Waals surface area contributed by atoms with E-state index in [1.165, 1.54) is 25.6 Å². The summed E-state index contributed by atoms with van der Waals surface area (Å²) in [6, 6.07) is 14.3. The Labute approximate surface area is 207 Å². The van der Waals surface area contributed by atoms with Gasteiger partial charge in [-0.2, -0.15) is 0 Å². The number of aliphatic imine (C=N–C) groups is 1. The third-order valence-corrected chi connectivity index (χ3v) is 6.61. The number of hydrogen-bond acceptors (Lipinski definition) is 9. The van der Waals surface area contributed by atoms with Crippen molar-refractivity contribution in [1.82, 2.24) is 4.98 Å². The van der Waals surface area contributed by atoms with Crippen LogP contribution >= 0.6 is 11.3 Å². The Hall–Kier alpha value is -3.98. The van der Waals surface area contributed by atoms with Gasteiger partial charge in [-0.25, -0.2) is 9.78 Å². The fourth-order valence-corrected chi connectivity index (χ4v) is 4.97. The fraction of sp³-hybridized carbons (Fsp3) is 0.231. The summed E-state index contributed by atoms with van der Waals surface area (Å²) in [5.74, 6) is -2.17. The van der Waals surface area contributed by atoms with Crippen molar-refractivity contribution in [3.63, 3.8) is 0 Å². The number of ether oxygens (including phenoxy) is 2. The zero-order valence-electron chi connectivity index (χ0n) is 19.7. The molecule has 2 heterocycles. The minimum absolute atomic E-state index is 0.197. The lowest BCUT2D eigenvalue weighted by Crippen LogP contribution is -2.36. The van der Waals surface area contributed by atoms with Gasteiger partial charge in [0.05, 0.1) is 25.5 Å². The third-order valence-electron chi connectivity index (χ3n) is 5.85. The number of anilines is 2. The molecule has 180 valence electrons. The van der Waals surface area contributed by atoms with Crippen LogP contribution in [0.1, 0.15) is 25.3 Å². The summed E-state index contributed by atoms with van der Waals surface area (Å²) in [6.45, 7) is 3.49. The lowest BCUT2D eigenvalue weighted by molar-refractivity contribution is -0.143. The molecular formula is C26H25N3O5S. The summed E-state index contributed by atoms with van der Waals surface area (Å²) in [4.78, 5) is 34.5. The molecule has 9 heteroatoms. The van der Waals surface area contributed by atoms with Gasteiger partial charge in [0.2, 0.25) is 0 Å². The van der Waals surface area contributed by atoms with E-state index in [9.17, 15) is 14.7 Å². The number of rotatable bonds is 6. The van der Waals surface area contributed by atoms with Crippen LogP contribution in [0.2, 0.25) is 0 Å². The van der Waals surface area contributed by atoms with Crippen molar-refractivity contribution in [1.29, 1.82) is 0 Å². The van der Waals surface area contributed by atoms with E-state index >= 15 is 0 Å². The number of phenols is 1. The van der Waals surface area contributed by atoms with Gasteiger partial charge in [0, 0.05) is 34.0 Å². The summed E-state index contributed by atoms with van der Waals surface area (Å²) in [5.41, 5.74) is 4.58. The third kappa shape index (κ3) is 4.95. The molecule has 2 atom stereocenters. The predicted molar refractivity (Wildman–Crippen MR) is 135 cm³/mol. The van der Waals surface area contributed by atoms with Gasteiger partial charge in [-0.3, -0.25) is 9.79 Å². The van der Waals surface area contributed by atoms with Gasteiger partial charge >= 0.3 is 11.9 Å².